The highest BCUT2D eigenvalue weighted by atomic mass is 19.1. The molecule has 0 spiro atoms. The molecule has 130 valence electrons. The average molecular weight is 347 g/mol. The van der Waals surface area contributed by atoms with Gasteiger partial charge in [-0.25, -0.2) is 9.37 Å². The second kappa shape index (κ2) is 7.33. The van der Waals surface area contributed by atoms with Crippen LogP contribution in [0.2, 0.25) is 0 Å². The first-order chi connectivity index (χ1) is 12.8. The van der Waals surface area contributed by atoms with Crippen LogP contribution in [-0.4, -0.2) is 19.7 Å². The van der Waals surface area contributed by atoms with Crippen molar-refractivity contribution in [3.63, 3.8) is 0 Å². The van der Waals surface area contributed by atoms with Crippen LogP contribution in [0.4, 0.5) is 4.39 Å². The average Bonchev–Trinajstić information content (AvgIpc) is 3.35. The van der Waals surface area contributed by atoms with Crippen molar-refractivity contribution >= 4 is 0 Å². The maximum Gasteiger partial charge on any atom is 0.123 e. The van der Waals surface area contributed by atoms with Gasteiger partial charge in [-0.2, -0.15) is 5.10 Å². The Morgan fingerprint density at radius 3 is 2.62 bits per heavy atom. The van der Waals surface area contributed by atoms with E-state index in [1.807, 2.05) is 22.9 Å². The van der Waals surface area contributed by atoms with E-state index >= 15 is 0 Å². The zero-order valence-corrected chi connectivity index (χ0v) is 14.1. The van der Waals surface area contributed by atoms with Gasteiger partial charge < -0.3 is 9.88 Å². The maximum absolute atomic E-state index is 13.1. The lowest BCUT2D eigenvalue weighted by Crippen LogP contribution is -2.14. The Morgan fingerprint density at radius 2 is 1.81 bits per heavy atom. The first-order valence-corrected chi connectivity index (χ1v) is 8.36. The van der Waals surface area contributed by atoms with Gasteiger partial charge in [0.05, 0.1) is 23.9 Å². The lowest BCUT2D eigenvalue weighted by atomic mass is 10.1. The molecule has 2 N–H and O–H groups in total. The minimum absolute atomic E-state index is 0.246. The van der Waals surface area contributed by atoms with Crippen LogP contribution < -0.4 is 5.32 Å². The molecule has 0 saturated carbocycles. The zero-order valence-electron chi connectivity index (χ0n) is 14.1. The molecule has 0 unspecified atom stereocenters. The molecule has 2 heterocycles. The Bertz CT molecular complexity index is 974. The van der Waals surface area contributed by atoms with Crippen LogP contribution in [0.5, 0.6) is 0 Å². The van der Waals surface area contributed by atoms with E-state index in [0.29, 0.717) is 13.1 Å². The highest BCUT2D eigenvalue weighted by molar-refractivity contribution is 5.62. The molecular formula is C20H18FN5. The van der Waals surface area contributed by atoms with E-state index in [1.165, 1.54) is 17.7 Å². The third-order valence-electron chi connectivity index (χ3n) is 4.26. The number of para-hydroxylation sites is 1. The normalized spacial score (nSPS) is 11.0. The summed E-state index contributed by atoms with van der Waals surface area (Å²) in [5.74, 6) is -0.246. The van der Waals surface area contributed by atoms with Crippen LogP contribution in [0.25, 0.3) is 16.9 Å². The monoisotopic (exact) mass is 347 g/mol. The Morgan fingerprint density at radius 1 is 1.00 bits per heavy atom. The number of rotatable bonds is 6. The first-order valence-electron chi connectivity index (χ1n) is 8.36. The van der Waals surface area contributed by atoms with Gasteiger partial charge in [0.1, 0.15) is 5.82 Å². The first kappa shape index (κ1) is 16.2. The fourth-order valence-electron chi connectivity index (χ4n) is 2.96. The maximum atomic E-state index is 13.1. The van der Waals surface area contributed by atoms with Crippen LogP contribution in [0.1, 0.15) is 11.1 Å². The van der Waals surface area contributed by atoms with Crippen molar-refractivity contribution in [1.29, 1.82) is 0 Å². The van der Waals surface area contributed by atoms with Crippen molar-refractivity contribution in [3.8, 4) is 16.9 Å². The zero-order chi connectivity index (χ0) is 17.8. The summed E-state index contributed by atoms with van der Waals surface area (Å²) < 4.78 is 15.1. The van der Waals surface area contributed by atoms with E-state index in [4.69, 9.17) is 0 Å². The van der Waals surface area contributed by atoms with Crippen LogP contribution >= 0.6 is 0 Å². The van der Waals surface area contributed by atoms with Crippen molar-refractivity contribution in [2.45, 2.75) is 13.1 Å². The minimum atomic E-state index is -0.246. The van der Waals surface area contributed by atoms with Gasteiger partial charge in [-0.15, -0.1) is 0 Å². The lowest BCUT2D eigenvalue weighted by Gasteiger charge is -2.11. The fourth-order valence-corrected chi connectivity index (χ4v) is 2.96. The third-order valence-corrected chi connectivity index (χ3v) is 4.26. The number of hydrogen-bond donors (Lipinski definition) is 2. The lowest BCUT2D eigenvalue weighted by molar-refractivity contribution is 0.628. The number of halogens is 1. The Balaban J connectivity index is 1.47. The summed E-state index contributed by atoms with van der Waals surface area (Å²) in [5, 5.41) is 10.6. The number of H-pyrrole nitrogens is 1. The number of imidazole rings is 1. The molecular weight excluding hydrogens is 329 g/mol. The van der Waals surface area contributed by atoms with Gasteiger partial charge in [-0.1, -0.05) is 18.2 Å². The van der Waals surface area contributed by atoms with Gasteiger partial charge in [-0.05, 0) is 35.9 Å². The van der Waals surface area contributed by atoms with E-state index in [-0.39, 0.29) is 5.82 Å². The molecule has 4 rings (SSSR count). The Kier molecular flexibility index (Phi) is 4.57. The SMILES string of the molecule is Fc1ccc(-c2[nH]ncc2CNCc2ccccc2-n2ccnc2)cc1. The molecule has 0 bridgehead atoms. The number of benzene rings is 2. The van der Waals surface area contributed by atoms with E-state index in [9.17, 15) is 4.39 Å². The molecule has 6 heteroatoms. The van der Waals surface area contributed by atoms with Crippen LogP contribution in [-0.2, 0) is 13.1 Å². The fraction of sp³-hybridized carbons (Fsp3) is 0.100. The summed E-state index contributed by atoms with van der Waals surface area (Å²) in [5.41, 5.74) is 5.14. The number of nitrogens with one attached hydrogen (secondary N) is 2. The molecule has 2 aromatic heterocycles. The number of aromatic nitrogens is 4. The van der Waals surface area contributed by atoms with Gasteiger partial charge >= 0.3 is 0 Å². The highest BCUT2D eigenvalue weighted by Gasteiger charge is 2.09. The van der Waals surface area contributed by atoms with Gasteiger partial charge in [0, 0.05) is 36.6 Å². The quantitative estimate of drug-likeness (QED) is 0.559. The smallest absolute Gasteiger partial charge is 0.123 e. The predicted octanol–water partition coefficient (Wildman–Crippen LogP) is 3.69. The summed E-state index contributed by atoms with van der Waals surface area (Å²) in [4.78, 5) is 4.12. The summed E-state index contributed by atoms with van der Waals surface area (Å²) >= 11 is 0. The number of hydrogen-bond acceptors (Lipinski definition) is 3. The summed E-state index contributed by atoms with van der Waals surface area (Å²) in [6.07, 6.45) is 7.29. The number of nitrogens with zero attached hydrogens (tertiary/aromatic N) is 3. The van der Waals surface area contributed by atoms with E-state index in [1.54, 1.807) is 30.9 Å². The second-order valence-electron chi connectivity index (χ2n) is 5.98. The van der Waals surface area contributed by atoms with Crippen LogP contribution in [0, 0.1) is 5.82 Å². The van der Waals surface area contributed by atoms with Gasteiger partial charge in [0.15, 0.2) is 0 Å². The van der Waals surface area contributed by atoms with Crippen LogP contribution in [0.3, 0.4) is 0 Å². The van der Waals surface area contributed by atoms with Gasteiger partial charge in [0.2, 0.25) is 0 Å². The molecule has 0 saturated heterocycles. The molecule has 0 fully saturated rings. The Labute approximate surface area is 150 Å². The van der Waals surface area contributed by atoms with Crippen molar-refractivity contribution in [3.05, 3.63) is 90.4 Å². The van der Waals surface area contributed by atoms with Crippen LogP contribution in [0.15, 0.2) is 73.4 Å². The van der Waals surface area contributed by atoms with Crippen molar-refractivity contribution in [2.24, 2.45) is 0 Å². The van der Waals surface area contributed by atoms with E-state index in [2.05, 4.69) is 32.6 Å². The largest absolute Gasteiger partial charge is 0.308 e. The highest BCUT2D eigenvalue weighted by Crippen LogP contribution is 2.21. The molecule has 5 nitrogen and oxygen atoms in total. The summed E-state index contributed by atoms with van der Waals surface area (Å²) in [6, 6.07) is 14.6. The topological polar surface area (TPSA) is 58.5 Å². The molecule has 0 aliphatic carbocycles. The van der Waals surface area contributed by atoms with Gasteiger partial charge in [-0.3, -0.25) is 5.10 Å². The summed E-state index contributed by atoms with van der Waals surface area (Å²) in [6.45, 7) is 1.36. The summed E-state index contributed by atoms with van der Waals surface area (Å²) in [7, 11) is 0. The van der Waals surface area contributed by atoms with Gasteiger partial charge in [0.25, 0.3) is 0 Å². The molecule has 2 aromatic carbocycles. The Hall–Kier alpha value is -3.25. The standard InChI is InChI=1S/C20H18FN5/c21-18-7-5-15(6-8-18)20-17(13-24-25-20)12-23-11-16-3-1-2-4-19(16)26-10-9-22-14-26/h1-10,13-14,23H,11-12H2,(H,24,25). The molecule has 0 amide bonds. The van der Waals surface area contributed by atoms with E-state index in [0.717, 1.165) is 22.5 Å². The molecule has 4 aromatic rings. The molecule has 26 heavy (non-hydrogen) atoms. The van der Waals surface area contributed by atoms with E-state index < -0.39 is 0 Å². The third kappa shape index (κ3) is 3.41. The van der Waals surface area contributed by atoms with Crippen molar-refractivity contribution in [1.82, 2.24) is 25.1 Å². The molecule has 0 atom stereocenters. The minimum Gasteiger partial charge on any atom is -0.308 e. The second-order valence-corrected chi connectivity index (χ2v) is 5.98. The number of aromatic amines is 1. The van der Waals surface area contributed by atoms with Crippen molar-refractivity contribution < 1.29 is 4.39 Å². The predicted molar refractivity (Wildman–Crippen MR) is 98.1 cm³/mol. The molecule has 0 radical (unpaired) electrons. The molecule has 0 aliphatic heterocycles. The van der Waals surface area contributed by atoms with Crippen molar-refractivity contribution in [2.75, 3.05) is 0 Å². The molecule has 0 aliphatic rings.